The lowest BCUT2D eigenvalue weighted by Crippen LogP contribution is -2.37. The van der Waals surface area contributed by atoms with Crippen molar-refractivity contribution in [2.24, 2.45) is 14.1 Å². The fraction of sp³-hybridized carbons (Fsp3) is 0.125. The number of benzene rings is 1. The molecule has 0 saturated carbocycles. The van der Waals surface area contributed by atoms with Crippen LogP contribution in [0.3, 0.4) is 0 Å². The maximum Gasteiger partial charge on any atom is 0.345 e. The zero-order chi connectivity index (χ0) is 18.7. The SMILES string of the molecule is Cn1c(=O)c2c3c(cnc2n(C)c1=O)c(=O)oc1ccc([N+](=O)[O-])cc13. The normalized spacial score (nSPS) is 11.5. The van der Waals surface area contributed by atoms with Gasteiger partial charge in [0, 0.05) is 43.2 Å². The third-order valence-corrected chi connectivity index (χ3v) is 4.33. The first kappa shape index (κ1) is 15.7. The lowest BCUT2D eigenvalue weighted by atomic mass is 10.1. The Labute approximate surface area is 142 Å². The Morgan fingerprint density at radius 1 is 1.08 bits per heavy atom. The number of aryl methyl sites for hydroxylation is 1. The molecule has 0 fully saturated rings. The van der Waals surface area contributed by atoms with Gasteiger partial charge in [-0.1, -0.05) is 0 Å². The molecule has 0 N–H and O–H groups in total. The summed E-state index contributed by atoms with van der Waals surface area (Å²) in [6, 6.07) is 3.73. The van der Waals surface area contributed by atoms with Gasteiger partial charge in [-0.05, 0) is 6.07 Å². The predicted molar refractivity (Wildman–Crippen MR) is 92.4 cm³/mol. The summed E-state index contributed by atoms with van der Waals surface area (Å²) in [7, 11) is 2.75. The molecule has 10 nitrogen and oxygen atoms in total. The summed E-state index contributed by atoms with van der Waals surface area (Å²) in [6.07, 6.45) is 1.20. The molecule has 0 bridgehead atoms. The Morgan fingerprint density at radius 2 is 1.81 bits per heavy atom. The van der Waals surface area contributed by atoms with E-state index in [1.807, 2.05) is 0 Å². The second kappa shape index (κ2) is 5.09. The Balaban J connectivity index is 2.44. The van der Waals surface area contributed by atoms with Crippen LogP contribution in [0.2, 0.25) is 0 Å². The number of rotatable bonds is 1. The van der Waals surface area contributed by atoms with E-state index in [2.05, 4.69) is 4.98 Å². The highest BCUT2D eigenvalue weighted by Gasteiger charge is 2.19. The van der Waals surface area contributed by atoms with E-state index in [1.54, 1.807) is 0 Å². The highest BCUT2D eigenvalue weighted by atomic mass is 16.6. The van der Waals surface area contributed by atoms with Crippen LogP contribution in [-0.2, 0) is 14.1 Å². The number of aromatic nitrogens is 3. The van der Waals surface area contributed by atoms with Crippen LogP contribution in [0.25, 0.3) is 32.8 Å². The molecule has 0 aliphatic rings. The van der Waals surface area contributed by atoms with Crippen LogP contribution in [0.15, 0.2) is 43.2 Å². The number of hydrogen-bond acceptors (Lipinski definition) is 7. The zero-order valence-corrected chi connectivity index (χ0v) is 13.5. The fourth-order valence-electron chi connectivity index (χ4n) is 3.03. The Kier molecular flexibility index (Phi) is 3.07. The molecule has 0 radical (unpaired) electrons. The van der Waals surface area contributed by atoms with Gasteiger partial charge in [-0.15, -0.1) is 0 Å². The lowest BCUT2D eigenvalue weighted by molar-refractivity contribution is -0.384. The number of fused-ring (bicyclic) bond motifs is 5. The van der Waals surface area contributed by atoms with Crippen molar-refractivity contribution in [3.8, 4) is 0 Å². The molecule has 130 valence electrons. The van der Waals surface area contributed by atoms with Crippen LogP contribution in [0, 0.1) is 10.1 Å². The minimum Gasteiger partial charge on any atom is -0.422 e. The first-order valence-corrected chi connectivity index (χ1v) is 7.41. The smallest absolute Gasteiger partial charge is 0.345 e. The third kappa shape index (κ3) is 1.92. The topological polar surface area (TPSA) is 130 Å². The van der Waals surface area contributed by atoms with Crippen LogP contribution in [-0.4, -0.2) is 19.0 Å². The van der Waals surface area contributed by atoms with Crippen molar-refractivity contribution in [3.63, 3.8) is 0 Å². The van der Waals surface area contributed by atoms with Crippen molar-refractivity contribution >= 4 is 38.5 Å². The predicted octanol–water partition coefficient (Wildman–Crippen LogP) is 0.800. The van der Waals surface area contributed by atoms with E-state index in [4.69, 9.17) is 4.42 Å². The number of nitro benzene ring substituents is 1. The van der Waals surface area contributed by atoms with Gasteiger partial charge in [0.05, 0.1) is 15.7 Å². The first-order valence-electron chi connectivity index (χ1n) is 7.41. The van der Waals surface area contributed by atoms with E-state index in [0.29, 0.717) is 0 Å². The van der Waals surface area contributed by atoms with Gasteiger partial charge in [0.25, 0.3) is 11.2 Å². The minimum atomic E-state index is -0.730. The van der Waals surface area contributed by atoms with Crippen molar-refractivity contribution < 1.29 is 9.34 Å². The monoisotopic (exact) mass is 354 g/mol. The lowest BCUT2D eigenvalue weighted by Gasteiger charge is -2.09. The Bertz CT molecular complexity index is 1440. The Morgan fingerprint density at radius 3 is 2.50 bits per heavy atom. The van der Waals surface area contributed by atoms with Crippen LogP contribution in [0.1, 0.15) is 0 Å². The second-order valence-corrected chi connectivity index (χ2v) is 5.78. The fourth-order valence-corrected chi connectivity index (χ4v) is 3.03. The molecule has 0 aliphatic carbocycles. The van der Waals surface area contributed by atoms with Crippen molar-refractivity contribution in [1.29, 1.82) is 0 Å². The standard InChI is InChI=1S/C16H10N4O6/c1-18-13-12(14(21)19(2)16(18)23)11-8-5-7(20(24)25)3-4-10(8)26-15(22)9(11)6-17-13/h3-6H,1-2H3. The number of nitrogens with zero attached hydrogens (tertiary/aromatic N) is 4. The summed E-state index contributed by atoms with van der Waals surface area (Å²) >= 11 is 0. The molecule has 4 rings (SSSR count). The molecule has 4 aromatic rings. The number of pyridine rings is 1. The zero-order valence-electron chi connectivity index (χ0n) is 13.5. The molecule has 0 spiro atoms. The molecular weight excluding hydrogens is 344 g/mol. The number of nitro groups is 1. The summed E-state index contributed by atoms with van der Waals surface area (Å²) in [4.78, 5) is 51.7. The van der Waals surface area contributed by atoms with E-state index in [-0.39, 0.29) is 38.5 Å². The molecule has 1 aromatic carbocycles. The van der Waals surface area contributed by atoms with E-state index < -0.39 is 21.8 Å². The molecule has 0 aliphatic heterocycles. The summed E-state index contributed by atoms with van der Waals surface area (Å²) < 4.78 is 7.25. The number of hydrogen-bond donors (Lipinski definition) is 0. The average Bonchev–Trinajstić information content (AvgIpc) is 2.63. The molecule has 0 amide bonds. The summed E-state index contributed by atoms with van der Waals surface area (Å²) in [5.74, 6) is 0. The van der Waals surface area contributed by atoms with E-state index >= 15 is 0 Å². The van der Waals surface area contributed by atoms with Gasteiger partial charge >= 0.3 is 11.3 Å². The average molecular weight is 354 g/mol. The van der Waals surface area contributed by atoms with Crippen LogP contribution >= 0.6 is 0 Å². The maximum absolute atomic E-state index is 12.7. The van der Waals surface area contributed by atoms with Crippen LogP contribution in [0.5, 0.6) is 0 Å². The van der Waals surface area contributed by atoms with E-state index in [9.17, 15) is 24.5 Å². The van der Waals surface area contributed by atoms with Gasteiger partial charge in [-0.2, -0.15) is 0 Å². The van der Waals surface area contributed by atoms with Gasteiger partial charge in [-0.25, -0.2) is 14.6 Å². The summed E-state index contributed by atoms with van der Waals surface area (Å²) in [5.41, 5.74) is -2.02. The molecular formula is C16H10N4O6. The van der Waals surface area contributed by atoms with Crippen molar-refractivity contribution in [3.05, 3.63) is 65.8 Å². The van der Waals surface area contributed by atoms with Crippen LogP contribution in [0.4, 0.5) is 5.69 Å². The number of non-ortho nitro benzene ring substituents is 1. The van der Waals surface area contributed by atoms with Gasteiger partial charge in [0.15, 0.2) is 0 Å². The quantitative estimate of drug-likeness (QED) is 0.214. The Hall–Kier alpha value is -3.82. The third-order valence-electron chi connectivity index (χ3n) is 4.33. The van der Waals surface area contributed by atoms with Gasteiger partial charge in [0.1, 0.15) is 11.2 Å². The highest BCUT2D eigenvalue weighted by Crippen LogP contribution is 2.29. The van der Waals surface area contributed by atoms with Crippen molar-refractivity contribution in [1.82, 2.24) is 14.1 Å². The summed E-state index contributed by atoms with van der Waals surface area (Å²) in [6.45, 7) is 0. The second-order valence-electron chi connectivity index (χ2n) is 5.78. The van der Waals surface area contributed by atoms with Crippen molar-refractivity contribution in [2.45, 2.75) is 0 Å². The van der Waals surface area contributed by atoms with Crippen LogP contribution < -0.4 is 16.9 Å². The van der Waals surface area contributed by atoms with Gasteiger partial charge in [0.2, 0.25) is 0 Å². The maximum atomic E-state index is 12.7. The largest absolute Gasteiger partial charge is 0.422 e. The first-order chi connectivity index (χ1) is 12.3. The minimum absolute atomic E-state index is 0.00115. The molecule has 26 heavy (non-hydrogen) atoms. The summed E-state index contributed by atoms with van der Waals surface area (Å²) in [5, 5.41) is 11.5. The van der Waals surface area contributed by atoms with E-state index in [0.717, 1.165) is 4.57 Å². The van der Waals surface area contributed by atoms with Gasteiger partial charge < -0.3 is 4.42 Å². The van der Waals surface area contributed by atoms with Gasteiger partial charge in [-0.3, -0.25) is 24.0 Å². The molecule has 0 atom stereocenters. The molecule has 0 unspecified atom stereocenters. The van der Waals surface area contributed by atoms with E-state index in [1.165, 1.54) is 43.1 Å². The van der Waals surface area contributed by atoms with Crippen molar-refractivity contribution in [2.75, 3.05) is 0 Å². The molecule has 10 heteroatoms. The molecule has 3 heterocycles. The highest BCUT2D eigenvalue weighted by molar-refractivity contribution is 6.16. The molecule has 3 aromatic heterocycles. The molecule has 0 saturated heterocycles.